The number of esters is 2. The van der Waals surface area contributed by atoms with Gasteiger partial charge >= 0.3 is 11.9 Å². The van der Waals surface area contributed by atoms with Gasteiger partial charge in [0.1, 0.15) is 8.07 Å². The third kappa shape index (κ3) is 6.00. The molecule has 0 saturated carbocycles. The van der Waals surface area contributed by atoms with Crippen molar-refractivity contribution in [3.63, 3.8) is 0 Å². The molecular weight excluding hydrogens is 290 g/mol. The molecule has 0 aromatic heterocycles. The molecule has 0 fully saturated rings. The van der Waals surface area contributed by atoms with Crippen LogP contribution < -0.4 is 5.32 Å². The molecule has 0 aliphatic carbocycles. The molecule has 0 saturated heterocycles. The van der Waals surface area contributed by atoms with Crippen molar-refractivity contribution in [3.05, 3.63) is 0 Å². The number of hydrogen-bond donors (Lipinski definition) is 1. The molecular formula is C14H23NO5Si. The molecule has 0 aliphatic heterocycles. The molecule has 0 unspecified atom stereocenters. The van der Waals surface area contributed by atoms with Crippen LogP contribution in [0.15, 0.2) is 0 Å². The van der Waals surface area contributed by atoms with E-state index >= 15 is 0 Å². The lowest BCUT2D eigenvalue weighted by molar-refractivity contribution is -0.164. The number of carbonyl (C=O) groups is 3. The normalized spacial score (nSPS) is 11.0. The minimum atomic E-state index is -2.10. The lowest BCUT2D eigenvalue weighted by atomic mass is 10.0. The molecule has 7 heteroatoms. The van der Waals surface area contributed by atoms with Crippen LogP contribution in [0.4, 0.5) is 0 Å². The van der Waals surface area contributed by atoms with E-state index in [2.05, 4.69) is 16.8 Å². The van der Waals surface area contributed by atoms with E-state index in [-0.39, 0.29) is 13.2 Å². The predicted molar refractivity (Wildman–Crippen MR) is 80.9 cm³/mol. The van der Waals surface area contributed by atoms with Crippen LogP contribution in [-0.2, 0) is 23.9 Å². The summed E-state index contributed by atoms with van der Waals surface area (Å²) in [6.07, 6.45) is 0. The van der Waals surface area contributed by atoms with E-state index in [1.807, 2.05) is 19.6 Å². The molecule has 118 valence electrons. The van der Waals surface area contributed by atoms with Gasteiger partial charge in [0.25, 0.3) is 5.54 Å². The average molecular weight is 313 g/mol. The fraction of sp³-hybridized carbons (Fsp3) is 0.643. The van der Waals surface area contributed by atoms with E-state index in [1.54, 1.807) is 13.8 Å². The van der Waals surface area contributed by atoms with Gasteiger partial charge < -0.3 is 14.8 Å². The van der Waals surface area contributed by atoms with Gasteiger partial charge in [-0.05, 0) is 13.8 Å². The van der Waals surface area contributed by atoms with E-state index in [1.165, 1.54) is 6.92 Å². The molecule has 1 N–H and O–H groups in total. The largest absolute Gasteiger partial charge is 0.463 e. The molecule has 0 radical (unpaired) electrons. The highest BCUT2D eigenvalue weighted by molar-refractivity contribution is 6.83. The highest BCUT2D eigenvalue weighted by Crippen LogP contribution is 2.12. The van der Waals surface area contributed by atoms with Crippen LogP contribution in [0.25, 0.3) is 0 Å². The summed E-state index contributed by atoms with van der Waals surface area (Å²) < 4.78 is 9.80. The number of nitrogens with one attached hydrogen (secondary N) is 1. The van der Waals surface area contributed by atoms with Crippen LogP contribution in [0, 0.1) is 11.5 Å². The SMILES string of the molecule is CCOC(=O)C(C#C[Si](C)(C)C)(NC(C)=O)C(=O)OCC. The summed E-state index contributed by atoms with van der Waals surface area (Å²) in [7, 11) is -1.88. The van der Waals surface area contributed by atoms with Crippen molar-refractivity contribution in [2.75, 3.05) is 13.2 Å². The second-order valence-electron chi connectivity index (χ2n) is 5.37. The molecule has 21 heavy (non-hydrogen) atoms. The Morgan fingerprint density at radius 3 is 1.76 bits per heavy atom. The molecule has 0 bridgehead atoms. The molecule has 0 atom stereocenters. The van der Waals surface area contributed by atoms with Gasteiger partial charge in [0.05, 0.1) is 13.2 Å². The molecule has 0 aromatic carbocycles. The summed E-state index contributed by atoms with van der Waals surface area (Å²) in [5.74, 6) is 0.183. The zero-order valence-electron chi connectivity index (χ0n) is 13.5. The minimum Gasteiger partial charge on any atom is -0.463 e. The first-order valence-corrected chi connectivity index (χ1v) is 10.3. The first-order valence-electron chi connectivity index (χ1n) is 6.76. The highest BCUT2D eigenvalue weighted by atomic mass is 28.3. The van der Waals surface area contributed by atoms with Gasteiger partial charge in [-0.2, -0.15) is 0 Å². The van der Waals surface area contributed by atoms with Crippen LogP contribution in [0.5, 0.6) is 0 Å². The Kier molecular flexibility index (Phi) is 7.16. The first-order chi connectivity index (χ1) is 9.59. The molecule has 0 spiro atoms. The molecule has 0 aliphatic rings. The molecule has 6 nitrogen and oxygen atoms in total. The standard InChI is InChI=1S/C14H23NO5Si/c1-7-19-12(17)14(15-11(3)16,13(18)20-8-2)9-10-21(4,5)6/h7-8H2,1-6H3,(H,15,16). The summed E-state index contributed by atoms with van der Waals surface area (Å²) in [6, 6.07) is 0. The molecule has 0 heterocycles. The zero-order valence-corrected chi connectivity index (χ0v) is 14.5. The van der Waals surface area contributed by atoms with Crippen LogP contribution in [-0.4, -0.2) is 44.7 Å². The van der Waals surface area contributed by atoms with Crippen molar-refractivity contribution in [1.29, 1.82) is 0 Å². The van der Waals surface area contributed by atoms with E-state index in [4.69, 9.17) is 9.47 Å². The zero-order chi connectivity index (χ0) is 16.7. The lowest BCUT2D eigenvalue weighted by Crippen LogP contribution is -2.60. The Labute approximate surface area is 126 Å². The van der Waals surface area contributed by atoms with Gasteiger partial charge in [0.2, 0.25) is 5.91 Å². The average Bonchev–Trinajstić information content (AvgIpc) is 2.33. The third-order valence-corrected chi connectivity index (χ3v) is 3.03. The second kappa shape index (κ2) is 7.83. The van der Waals surface area contributed by atoms with Crippen LogP contribution in [0.1, 0.15) is 20.8 Å². The van der Waals surface area contributed by atoms with Gasteiger partial charge in [0, 0.05) is 6.92 Å². The fourth-order valence-electron chi connectivity index (χ4n) is 1.34. The molecule has 0 rings (SSSR count). The Morgan fingerprint density at radius 2 is 1.48 bits per heavy atom. The van der Waals surface area contributed by atoms with Crippen molar-refractivity contribution in [3.8, 4) is 11.5 Å². The maximum absolute atomic E-state index is 12.2. The number of rotatable bonds is 5. The number of ether oxygens (including phenoxy) is 2. The van der Waals surface area contributed by atoms with E-state index in [9.17, 15) is 14.4 Å². The van der Waals surface area contributed by atoms with Crippen LogP contribution in [0.3, 0.4) is 0 Å². The maximum Gasteiger partial charge on any atom is 0.356 e. The number of carbonyl (C=O) groups excluding carboxylic acids is 3. The summed E-state index contributed by atoms with van der Waals surface area (Å²) >= 11 is 0. The van der Waals surface area contributed by atoms with Crippen molar-refractivity contribution in [1.82, 2.24) is 5.32 Å². The lowest BCUT2D eigenvalue weighted by Gasteiger charge is -2.25. The molecule has 0 aromatic rings. The Morgan fingerprint density at radius 1 is 1.05 bits per heavy atom. The monoisotopic (exact) mass is 313 g/mol. The highest BCUT2D eigenvalue weighted by Gasteiger charge is 2.49. The Balaban J connectivity index is 5.93. The van der Waals surface area contributed by atoms with E-state index < -0.39 is 31.5 Å². The predicted octanol–water partition coefficient (Wildman–Crippen LogP) is 0.868. The summed E-state index contributed by atoms with van der Waals surface area (Å²) in [6.45, 7) is 10.4. The van der Waals surface area contributed by atoms with Crippen molar-refractivity contribution in [2.45, 2.75) is 46.0 Å². The minimum absolute atomic E-state index is 0.0637. The second-order valence-corrected chi connectivity index (χ2v) is 10.1. The Hall–Kier alpha value is -1.81. The Bertz CT molecular complexity index is 452. The van der Waals surface area contributed by atoms with Crippen LogP contribution >= 0.6 is 0 Å². The van der Waals surface area contributed by atoms with E-state index in [0.717, 1.165) is 0 Å². The summed E-state index contributed by atoms with van der Waals surface area (Å²) in [5.41, 5.74) is 0.820. The van der Waals surface area contributed by atoms with E-state index in [0.29, 0.717) is 0 Å². The number of hydrogen-bond acceptors (Lipinski definition) is 5. The van der Waals surface area contributed by atoms with Gasteiger partial charge in [-0.1, -0.05) is 25.6 Å². The molecule has 1 amide bonds. The quantitative estimate of drug-likeness (QED) is 0.352. The van der Waals surface area contributed by atoms with Gasteiger partial charge in [-0.25, -0.2) is 9.59 Å². The maximum atomic E-state index is 12.2. The summed E-state index contributed by atoms with van der Waals surface area (Å²) in [5, 5.41) is 2.30. The third-order valence-electron chi connectivity index (χ3n) is 2.15. The van der Waals surface area contributed by atoms with Gasteiger partial charge in [-0.3, -0.25) is 4.79 Å². The first kappa shape index (κ1) is 19.2. The van der Waals surface area contributed by atoms with Crippen LogP contribution in [0.2, 0.25) is 19.6 Å². The van der Waals surface area contributed by atoms with Crippen molar-refractivity contribution >= 4 is 25.9 Å². The topological polar surface area (TPSA) is 81.7 Å². The van der Waals surface area contributed by atoms with Crippen molar-refractivity contribution in [2.24, 2.45) is 0 Å². The fourth-order valence-corrected chi connectivity index (χ4v) is 1.91. The van der Waals surface area contributed by atoms with Gasteiger partial charge in [0.15, 0.2) is 0 Å². The van der Waals surface area contributed by atoms with Crippen molar-refractivity contribution < 1.29 is 23.9 Å². The smallest absolute Gasteiger partial charge is 0.356 e. The number of amides is 1. The van der Waals surface area contributed by atoms with Gasteiger partial charge in [-0.15, -0.1) is 5.54 Å². The summed E-state index contributed by atoms with van der Waals surface area (Å²) in [4.78, 5) is 35.8.